The van der Waals surface area contributed by atoms with Gasteiger partial charge in [0, 0.05) is 12.6 Å². The molecule has 1 atom stereocenters. The van der Waals surface area contributed by atoms with Gasteiger partial charge in [0.2, 0.25) is 0 Å². The highest BCUT2D eigenvalue weighted by Gasteiger charge is 2.34. The van der Waals surface area contributed by atoms with Gasteiger partial charge in [-0.15, -0.1) is 0 Å². The molecule has 0 aliphatic carbocycles. The Morgan fingerprint density at radius 2 is 1.74 bits per heavy atom. The van der Waals surface area contributed by atoms with Crippen molar-refractivity contribution in [2.45, 2.75) is 19.0 Å². The van der Waals surface area contributed by atoms with E-state index in [1.807, 2.05) is 30.3 Å². The van der Waals surface area contributed by atoms with Crippen LogP contribution in [0.25, 0.3) is 0 Å². The third-order valence-corrected chi connectivity index (χ3v) is 6.34. The van der Waals surface area contributed by atoms with Gasteiger partial charge in [-0.3, -0.25) is 4.79 Å². The molecule has 7 heteroatoms. The molecule has 3 rings (SSSR count). The zero-order valence-electron chi connectivity index (χ0n) is 15.2. The van der Waals surface area contributed by atoms with Crippen molar-refractivity contribution in [3.63, 3.8) is 0 Å². The van der Waals surface area contributed by atoms with Crippen LogP contribution in [0.1, 0.15) is 12.0 Å². The predicted molar refractivity (Wildman–Crippen MR) is 103 cm³/mol. The van der Waals surface area contributed by atoms with Crippen LogP contribution < -0.4 is 9.47 Å². The molecule has 0 aromatic heterocycles. The number of rotatable bonds is 7. The standard InChI is InChI=1S/C20H23NO5S/c1-25-18-7-9-19(10-8-18)26-14-20(22)21(13-16-5-3-2-4-6-16)17-11-12-27(23,24)15-17/h2-10,17H,11-15H2,1H3/t17-/m0/s1. The maximum Gasteiger partial charge on any atom is 0.261 e. The fourth-order valence-electron chi connectivity index (χ4n) is 3.12. The Bertz CT molecular complexity index is 865. The smallest absolute Gasteiger partial charge is 0.261 e. The second-order valence-corrected chi connectivity index (χ2v) is 8.76. The number of ether oxygens (including phenoxy) is 2. The van der Waals surface area contributed by atoms with E-state index in [1.54, 1.807) is 36.3 Å². The summed E-state index contributed by atoms with van der Waals surface area (Å²) in [4.78, 5) is 14.5. The number of methoxy groups -OCH3 is 1. The average Bonchev–Trinajstić information content (AvgIpc) is 3.05. The molecule has 1 saturated heterocycles. The first-order chi connectivity index (χ1) is 13.0. The molecule has 1 fully saturated rings. The molecule has 27 heavy (non-hydrogen) atoms. The molecule has 0 N–H and O–H groups in total. The number of hydrogen-bond donors (Lipinski definition) is 0. The van der Waals surface area contributed by atoms with Crippen LogP contribution >= 0.6 is 0 Å². The number of amides is 1. The minimum atomic E-state index is -3.09. The Morgan fingerprint density at radius 1 is 1.07 bits per heavy atom. The molecular weight excluding hydrogens is 366 g/mol. The van der Waals surface area contributed by atoms with Crippen molar-refractivity contribution >= 4 is 15.7 Å². The Hall–Kier alpha value is -2.54. The molecule has 1 aliphatic heterocycles. The van der Waals surface area contributed by atoms with E-state index in [0.29, 0.717) is 24.5 Å². The highest BCUT2D eigenvalue weighted by molar-refractivity contribution is 7.91. The largest absolute Gasteiger partial charge is 0.497 e. The molecule has 0 bridgehead atoms. The van der Waals surface area contributed by atoms with Gasteiger partial charge in [-0.1, -0.05) is 30.3 Å². The molecule has 0 spiro atoms. The van der Waals surface area contributed by atoms with Gasteiger partial charge in [0.25, 0.3) is 5.91 Å². The summed E-state index contributed by atoms with van der Waals surface area (Å²) in [6.45, 7) is 0.224. The molecule has 6 nitrogen and oxygen atoms in total. The molecule has 0 unspecified atom stereocenters. The van der Waals surface area contributed by atoms with E-state index in [9.17, 15) is 13.2 Å². The molecule has 1 heterocycles. The number of carbonyl (C=O) groups is 1. The molecule has 2 aromatic carbocycles. The number of carbonyl (C=O) groups excluding carboxylic acids is 1. The Kier molecular flexibility index (Phi) is 6.01. The summed E-state index contributed by atoms with van der Waals surface area (Å²) in [5.41, 5.74) is 0.958. The van der Waals surface area contributed by atoms with Crippen LogP contribution in [0.3, 0.4) is 0 Å². The van der Waals surface area contributed by atoms with E-state index in [4.69, 9.17) is 9.47 Å². The summed E-state index contributed by atoms with van der Waals surface area (Å²) in [5.74, 6) is 1.17. The van der Waals surface area contributed by atoms with Crippen molar-refractivity contribution in [2.24, 2.45) is 0 Å². The topological polar surface area (TPSA) is 72.9 Å². The maximum absolute atomic E-state index is 12.8. The van der Waals surface area contributed by atoms with Crippen LogP contribution in [0.15, 0.2) is 54.6 Å². The van der Waals surface area contributed by atoms with Gasteiger partial charge in [-0.05, 0) is 36.2 Å². The zero-order chi connectivity index (χ0) is 19.3. The third kappa shape index (κ3) is 5.23. The van der Waals surface area contributed by atoms with Gasteiger partial charge in [0.05, 0.1) is 18.6 Å². The van der Waals surface area contributed by atoms with Gasteiger partial charge >= 0.3 is 0 Å². The van der Waals surface area contributed by atoms with Crippen molar-refractivity contribution in [1.29, 1.82) is 0 Å². The highest BCUT2D eigenvalue weighted by Crippen LogP contribution is 2.21. The number of benzene rings is 2. The van der Waals surface area contributed by atoms with Crippen LogP contribution in [-0.4, -0.2) is 50.5 Å². The fourth-order valence-corrected chi connectivity index (χ4v) is 4.85. The predicted octanol–water partition coefficient (Wildman–Crippen LogP) is 2.29. The van der Waals surface area contributed by atoms with Crippen molar-refractivity contribution in [3.05, 3.63) is 60.2 Å². The summed E-state index contributed by atoms with van der Waals surface area (Å²) in [6.07, 6.45) is 0.462. The van der Waals surface area contributed by atoms with Crippen molar-refractivity contribution in [3.8, 4) is 11.5 Å². The van der Waals surface area contributed by atoms with Crippen LogP contribution in [0.2, 0.25) is 0 Å². The molecule has 2 aromatic rings. The van der Waals surface area contributed by atoms with Gasteiger partial charge in [-0.2, -0.15) is 0 Å². The second-order valence-electron chi connectivity index (χ2n) is 6.53. The molecule has 1 aliphatic rings. The monoisotopic (exact) mass is 389 g/mol. The van der Waals surface area contributed by atoms with E-state index in [2.05, 4.69) is 0 Å². The van der Waals surface area contributed by atoms with Gasteiger partial charge in [0.1, 0.15) is 11.5 Å². The lowest BCUT2D eigenvalue weighted by molar-refractivity contribution is -0.136. The fraction of sp³-hybridized carbons (Fsp3) is 0.350. The lowest BCUT2D eigenvalue weighted by Gasteiger charge is -2.28. The third-order valence-electron chi connectivity index (χ3n) is 4.59. The number of nitrogens with zero attached hydrogens (tertiary/aromatic N) is 1. The summed E-state index contributed by atoms with van der Waals surface area (Å²) < 4.78 is 34.5. The van der Waals surface area contributed by atoms with Crippen LogP contribution in [0.5, 0.6) is 11.5 Å². The first-order valence-electron chi connectivity index (χ1n) is 8.77. The normalized spacial score (nSPS) is 18.0. The second kappa shape index (κ2) is 8.43. The van der Waals surface area contributed by atoms with Crippen molar-refractivity contribution in [1.82, 2.24) is 4.90 Å². The highest BCUT2D eigenvalue weighted by atomic mass is 32.2. The lowest BCUT2D eigenvalue weighted by Crippen LogP contribution is -2.43. The first kappa shape index (κ1) is 19.2. The molecular formula is C20H23NO5S. The van der Waals surface area contributed by atoms with E-state index in [-0.39, 0.29) is 30.1 Å². The maximum atomic E-state index is 12.8. The molecule has 0 saturated carbocycles. The minimum absolute atomic E-state index is 0.00805. The SMILES string of the molecule is COc1ccc(OCC(=O)N(Cc2ccccc2)[C@H]2CCS(=O)(=O)C2)cc1. The van der Waals surface area contributed by atoms with E-state index < -0.39 is 9.84 Å². The summed E-state index contributed by atoms with van der Waals surface area (Å²) in [6, 6.07) is 16.2. The van der Waals surface area contributed by atoms with Gasteiger partial charge < -0.3 is 14.4 Å². The quantitative estimate of drug-likeness (QED) is 0.726. The first-order valence-corrected chi connectivity index (χ1v) is 10.6. The van der Waals surface area contributed by atoms with E-state index in [1.165, 1.54) is 0 Å². The summed E-state index contributed by atoms with van der Waals surface area (Å²) in [5, 5.41) is 0. The Morgan fingerprint density at radius 3 is 2.33 bits per heavy atom. The van der Waals surface area contributed by atoms with Crippen LogP contribution in [0, 0.1) is 0 Å². The number of sulfone groups is 1. The average molecular weight is 389 g/mol. The summed E-state index contributed by atoms with van der Waals surface area (Å²) in [7, 11) is -1.51. The lowest BCUT2D eigenvalue weighted by atomic mass is 10.1. The zero-order valence-corrected chi connectivity index (χ0v) is 16.0. The molecule has 1 amide bonds. The van der Waals surface area contributed by atoms with Crippen LogP contribution in [0.4, 0.5) is 0 Å². The van der Waals surface area contributed by atoms with Crippen molar-refractivity contribution in [2.75, 3.05) is 25.2 Å². The molecule has 144 valence electrons. The van der Waals surface area contributed by atoms with Gasteiger partial charge in [0.15, 0.2) is 16.4 Å². The number of hydrogen-bond acceptors (Lipinski definition) is 5. The summed E-state index contributed by atoms with van der Waals surface area (Å²) >= 11 is 0. The van der Waals surface area contributed by atoms with E-state index >= 15 is 0 Å². The minimum Gasteiger partial charge on any atom is -0.497 e. The van der Waals surface area contributed by atoms with Crippen LogP contribution in [-0.2, 0) is 21.2 Å². The van der Waals surface area contributed by atoms with Gasteiger partial charge in [-0.25, -0.2) is 8.42 Å². The Balaban J connectivity index is 1.69. The van der Waals surface area contributed by atoms with Crippen molar-refractivity contribution < 1.29 is 22.7 Å². The Labute approximate surface area is 159 Å². The van der Waals surface area contributed by atoms with E-state index in [0.717, 1.165) is 5.56 Å². The molecule has 0 radical (unpaired) electrons.